The van der Waals surface area contributed by atoms with Crippen LogP contribution in [-0.4, -0.2) is 4.57 Å². The van der Waals surface area contributed by atoms with Crippen molar-refractivity contribution in [2.45, 2.75) is 58.4 Å². The molecule has 0 bridgehead atoms. The molecular weight excluding hydrogens is 276 g/mol. The molecule has 112 valence electrons. The molecule has 0 aliphatic heterocycles. The minimum atomic E-state index is 0.505. The van der Waals surface area contributed by atoms with Crippen molar-refractivity contribution in [1.82, 2.24) is 4.57 Å². The van der Waals surface area contributed by atoms with Gasteiger partial charge in [-0.2, -0.15) is 0 Å². The standard InChI is InChI=1S/C18H24N2S/c1-13(2)16-10-6-7-11-17(16)19-18-20(14(3)12-21-18)15-8-4-5-9-15/h6-7,10-13,15H,4-5,8-9H2,1-3H3. The number of benzene rings is 1. The van der Waals surface area contributed by atoms with E-state index in [1.807, 2.05) is 0 Å². The van der Waals surface area contributed by atoms with Gasteiger partial charge in [0, 0.05) is 17.1 Å². The molecule has 1 aliphatic rings. The summed E-state index contributed by atoms with van der Waals surface area (Å²) < 4.78 is 2.47. The van der Waals surface area contributed by atoms with Gasteiger partial charge in [0.25, 0.3) is 0 Å². The van der Waals surface area contributed by atoms with E-state index in [0.717, 1.165) is 10.5 Å². The molecule has 1 fully saturated rings. The average Bonchev–Trinajstić information content (AvgIpc) is 3.09. The Morgan fingerprint density at radius 1 is 1.19 bits per heavy atom. The van der Waals surface area contributed by atoms with Gasteiger partial charge in [-0.25, -0.2) is 4.99 Å². The van der Waals surface area contributed by atoms with Crippen LogP contribution in [0, 0.1) is 6.92 Å². The van der Waals surface area contributed by atoms with Gasteiger partial charge in [-0.3, -0.25) is 0 Å². The van der Waals surface area contributed by atoms with E-state index in [1.165, 1.54) is 36.9 Å². The Morgan fingerprint density at radius 2 is 1.90 bits per heavy atom. The Morgan fingerprint density at radius 3 is 2.62 bits per heavy atom. The maximum Gasteiger partial charge on any atom is 0.190 e. The molecule has 0 amide bonds. The third-order valence-electron chi connectivity index (χ3n) is 4.39. The summed E-state index contributed by atoms with van der Waals surface area (Å²) in [6.07, 6.45) is 5.32. The van der Waals surface area contributed by atoms with E-state index >= 15 is 0 Å². The highest BCUT2D eigenvalue weighted by atomic mass is 32.1. The van der Waals surface area contributed by atoms with Crippen LogP contribution in [0.5, 0.6) is 0 Å². The molecule has 2 aromatic rings. The van der Waals surface area contributed by atoms with Gasteiger partial charge in [0.2, 0.25) is 0 Å². The first-order valence-corrected chi connectivity index (χ1v) is 8.85. The fraction of sp³-hybridized carbons (Fsp3) is 0.500. The van der Waals surface area contributed by atoms with Crippen LogP contribution in [0.2, 0.25) is 0 Å². The zero-order valence-electron chi connectivity index (χ0n) is 13.2. The van der Waals surface area contributed by atoms with Crippen molar-refractivity contribution in [1.29, 1.82) is 0 Å². The number of nitrogens with zero attached hydrogens (tertiary/aromatic N) is 2. The van der Waals surface area contributed by atoms with Crippen LogP contribution in [0.25, 0.3) is 0 Å². The van der Waals surface area contributed by atoms with E-state index < -0.39 is 0 Å². The van der Waals surface area contributed by atoms with Gasteiger partial charge < -0.3 is 4.57 Å². The average molecular weight is 300 g/mol. The zero-order valence-corrected chi connectivity index (χ0v) is 14.0. The zero-order chi connectivity index (χ0) is 14.8. The molecule has 1 aliphatic carbocycles. The normalized spacial score (nSPS) is 17.0. The quantitative estimate of drug-likeness (QED) is 0.729. The molecule has 1 heterocycles. The second-order valence-electron chi connectivity index (χ2n) is 6.29. The Hall–Kier alpha value is -1.35. The topological polar surface area (TPSA) is 17.3 Å². The van der Waals surface area contributed by atoms with Crippen LogP contribution in [-0.2, 0) is 0 Å². The predicted molar refractivity (Wildman–Crippen MR) is 90.3 cm³/mol. The molecule has 1 saturated carbocycles. The van der Waals surface area contributed by atoms with E-state index in [1.54, 1.807) is 11.3 Å². The summed E-state index contributed by atoms with van der Waals surface area (Å²) in [6.45, 7) is 6.68. The first-order chi connectivity index (χ1) is 10.2. The summed E-state index contributed by atoms with van der Waals surface area (Å²) in [5.41, 5.74) is 3.82. The lowest BCUT2D eigenvalue weighted by atomic mass is 10.0. The maximum absolute atomic E-state index is 5.01. The number of aryl methyl sites for hydroxylation is 1. The molecule has 0 radical (unpaired) electrons. The molecule has 0 spiro atoms. The van der Waals surface area contributed by atoms with Gasteiger partial charge in [0.1, 0.15) is 0 Å². The van der Waals surface area contributed by atoms with E-state index in [-0.39, 0.29) is 0 Å². The van der Waals surface area contributed by atoms with Crippen molar-refractivity contribution >= 4 is 17.0 Å². The number of aromatic nitrogens is 1. The van der Waals surface area contributed by atoms with Crippen molar-refractivity contribution in [3.05, 3.63) is 45.7 Å². The summed E-state index contributed by atoms with van der Waals surface area (Å²) in [5, 5.41) is 2.25. The van der Waals surface area contributed by atoms with Crippen molar-refractivity contribution in [3.8, 4) is 0 Å². The molecule has 3 heteroatoms. The highest BCUT2D eigenvalue weighted by molar-refractivity contribution is 7.07. The van der Waals surface area contributed by atoms with E-state index in [0.29, 0.717) is 12.0 Å². The fourth-order valence-electron chi connectivity index (χ4n) is 3.27. The summed E-state index contributed by atoms with van der Waals surface area (Å²) >= 11 is 1.77. The van der Waals surface area contributed by atoms with Gasteiger partial charge in [-0.15, -0.1) is 11.3 Å². The monoisotopic (exact) mass is 300 g/mol. The van der Waals surface area contributed by atoms with E-state index in [9.17, 15) is 0 Å². The van der Waals surface area contributed by atoms with Gasteiger partial charge in [-0.05, 0) is 37.3 Å². The Kier molecular flexibility index (Phi) is 4.29. The number of thiazole rings is 1. The molecule has 0 N–H and O–H groups in total. The van der Waals surface area contributed by atoms with E-state index in [4.69, 9.17) is 4.99 Å². The second-order valence-corrected chi connectivity index (χ2v) is 7.13. The Labute approximate surface area is 131 Å². The smallest absolute Gasteiger partial charge is 0.190 e. The number of para-hydroxylation sites is 1. The highest BCUT2D eigenvalue weighted by Crippen LogP contribution is 2.30. The minimum absolute atomic E-state index is 0.505. The summed E-state index contributed by atoms with van der Waals surface area (Å²) in [5.74, 6) is 0.505. The molecule has 0 atom stereocenters. The third kappa shape index (κ3) is 2.98. The van der Waals surface area contributed by atoms with Gasteiger partial charge in [-0.1, -0.05) is 44.9 Å². The predicted octanol–water partition coefficient (Wildman–Crippen LogP) is 5.33. The van der Waals surface area contributed by atoms with Gasteiger partial charge >= 0.3 is 0 Å². The van der Waals surface area contributed by atoms with Crippen LogP contribution in [0.3, 0.4) is 0 Å². The number of rotatable bonds is 3. The molecule has 2 nitrogen and oxygen atoms in total. The van der Waals surface area contributed by atoms with Crippen molar-refractivity contribution in [3.63, 3.8) is 0 Å². The summed E-state index contributed by atoms with van der Waals surface area (Å²) in [4.78, 5) is 6.17. The fourth-order valence-corrected chi connectivity index (χ4v) is 4.22. The van der Waals surface area contributed by atoms with Crippen molar-refractivity contribution in [2.24, 2.45) is 4.99 Å². The lowest BCUT2D eigenvalue weighted by Gasteiger charge is -2.14. The molecule has 1 aromatic heterocycles. The minimum Gasteiger partial charge on any atom is -0.318 e. The van der Waals surface area contributed by atoms with Crippen molar-refractivity contribution in [2.75, 3.05) is 0 Å². The first kappa shape index (κ1) is 14.6. The lowest BCUT2D eigenvalue weighted by Crippen LogP contribution is -2.20. The molecule has 0 unspecified atom stereocenters. The SMILES string of the molecule is Cc1csc(=Nc2ccccc2C(C)C)n1C1CCCC1. The largest absolute Gasteiger partial charge is 0.318 e. The van der Waals surface area contributed by atoms with Gasteiger partial charge in [0.15, 0.2) is 4.80 Å². The summed E-state index contributed by atoms with van der Waals surface area (Å²) in [6, 6.07) is 9.19. The maximum atomic E-state index is 5.01. The number of hydrogen-bond acceptors (Lipinski definition) is 2. The second kappa shape index (κ2) is 6.18. The Bertz CT molecular complexity index is 673. The lowest BCUT2D eigenvalue weighted by molar-refractivity contribution is 0.496. The Balaban J connectivity index is 2.09. The molecule has 21 heavy (non-hydrogen) atoms. The summed E-state index contributed by atoms with van der Waals surface area (Å²) in [7, 11) is 0. The van der Waals surface area contributed by atoms with Crippen molar-refractivity contribution < 1.29 is 0 Å². The van der Waals surface area contributed by atoms with Crippen LogP contribution >= 0.6 is 11.3 Å². The molecule has 1 aromatic carbocycles. The van der Waals surface area contributed by atoms with Crippen LogP contribution < -0.4 is 4.80 Å². The molecular formula is C18H24N2S. The van der Waals surface area contributed by atoms with Crippen LogP contribution in [0.4, 0.5) is 5.69 Å². The molecule has 0 saturated heterocycles. The number of hydrogen-bond donors (Lipinski definition) is 0. The highest BCUT2D eigenvalue weighted by Gasteiger charge is 2.19. The molecule has 3 rings (SSSR count). The van der Waals surface area contributed by atoms with E-state index in [2.05, 4.69) is 55.0 Å². The van der Waals surface area contributed by atoms with Crippen LogP contribution in [0.1, 0.15) is 62.7 Å². The van der Waals surface area contributed by atoms with Crippen LogP contribution in [0.15, 0.2) is 34.6 Å². The third-order valence-corrected chi connectivity index (χ3v) is 5.34. The first-order valence-electron chi connectivity index (χ1n) is 7.97. The van der Waals surface area contributed by atoms with Gasteiger partial charge in [0.05, 0.1) is 5.69 Å².